The molecule has 2 heterocycles. The summed E-state index contributed by atoms with van der Waals surface area (Å²) in [5.41, 5.74) is 2.15. The minimum atomic E-state index is 0.00266. The van der Waals surface area contributed by atoms with Gasteiger partial charge in [0.25, 0.3) is 0 Å². The van der Waals surface area contributed by atoms with Gasteiger partial charge < -0.3 is 14.9 Å². The maximum absolute atomic E-state index is 10.2. The van der Waals surface area contributed by atoms with Crippen LogP contribution in [0.4, 0.5) is 0 Å². The molecule has 2 aromatic carbocycles. The molecule has 0 aliphatic heterocycles. The molecule has 124 valence electrons. The number of aromatic nitrogens is 4. The number of imidazole rings is 1. The van der Waals surface area contributed by atoms with Crippen LogP contribution in [0.5, 0.6) is 17.2 Å². The lowest BCUT2D eigenvalue weighted by Gasteiger charge is -2.10. The number of aromatic hydroxyl groups is 2. The van der Waals surface area contributed by atoms with Gasteiger partial charge in [-0.3, -0.25) is 4.57 Å². The van der Waals surface area contributed by atoms with Gasteiger partial charge in [0.2, 0.25) is 0 Å². The molecule has 7 heteroatoms. The zero-order chi connectivity index (χ0) is 17.4. The van der Waals surface area contributed by atoms with E-state index >= 15 is 0 Å². The SMILES string of the molecule is COc1ccc(-n2c(-c3cc(O)ccc3O)nc3nccnc32)cc1. The Labute approximate surface area is 142 Å². The van der Waals surface area contributed by atoms with E-state index in [4.69, 9.17) is 4.74 Å². The van der Waals surface area contributed by atoms with Crippen LogP contribution >= 0.6 is 0 Å². The molecule has 7 nitrogen and oxygen atoms in total. The fraction of sp³-hybridized carbons (Fsp3) is 0.0556. The summed E-state index contributed by atoms with van der Waals surface area (Å²) < 4.78 is 6.97. The third-order valence-corrected chi connectivity index (χ3v) is 3.85. The molecule has 25 heavy (non-hydrogen) atoms. The van der Waals surface area contributed by atoms with E-state index in [0.717, 1.165) is 11.4 Å². The maximum Gasteiger partial charge on any atom is 0.198 e. The standard InChI is InChI=1S/C18H14N4O3/c1-25-13-5-2-11(3-6-13)22-17(14-10-12(23)4-7-15(14)24)21-16-18(22)20-9-8-19-16/h2-10,23-24H,1H3. The van der Waals surface area contributed by atoms with Gasteiger partial charge in [0.05, 0.1) is 12.7 Å². The molecular formula is C18H14N4O3. The number of rotatable bonds is 3. The van der Waals surface area contributed by atoms with Crippen molar-refractivity contribution < 1.29 is 14.9 Å². The fourth-order valence-electron chi connectivity index (χ4n) is 2.67. The number of hydrogen-bond acceptors (Lipinski definition) is 6. The van der Waals surface area contributed by atoms with Crippen LogP contribution < -0.4 is 4.74 Å². The molecule has 0 fully saturated rings. The van der Waals surface area contributed by atoms with Crippen molar-refractivity contribution in [2.24, 2.45) is 0 Å². The number of hydrogen-bond donors (Lipinski definition) is 2. The van der Waals surface area contributed by atoms with Crippen LogP contribution in [0.2, 0.25) is 0 Å². The Kier molecular flexibility index (Phi) is 3.46. The first-order valence-corrected chi connectivity index (χ1v) is 7.53. The monoisotopic (exact) mass is 334 g/mol. The number of benzene rings is 2. The normalized spacial score (nSPS) is 10.9. The molecule has 0 saturated heterocycles. The van der Waals surface area contributed by atoms with Gasteiger partial charge in [0.1, 0.15) is 17.2 Å². The van der Waals surface area contributed by atoms with Crippen LogP contribution in [-0.2, 0) is 0 Å². The van der Waals surface area contributed by atoms with Gasteiger partial charge in [-0.2, -0.15) is 0 Å². The van der Waals surface area contributed by atoms with Gasteiger partial charge >= 0.3 is 0 Å². The number of methoxy groups -OCH3 is 1. The van der Waals surface area contributed by atoms with Crippen molar-refractivity contribution in [3.63, 3.8) is 0 Å². The van der Waals surface area contributed by atoms with Crippen LogP contribution in [0, 0.1) is 0 Å². The Morgan fingerprint density at radius 1 is 0.960 bits per heavy atom. The zero-order valence-electron chi connectivity index (χ0n) is 13.3. The molecule has 2 aromatic heterocycles. The minimum Gasteiger partial charge on any atom is -0.508 e. The van der Waals surface area contributed by atoms with Crippen molar-refractivity contribution in [3.05, 3.63) is 54.9 Å². The molecule has 4 rings (SSSR count). The number of nitrogens with zero attached hydrogens (tertiary/aromatic N) is 4. The average Bonchev–Trinajstić information content (AvgIpc) is 3.03. The van der Waals surface area contributed by atoms with Gasteiger partial charge in [-0.25, -0.2) is 15.0 Å². The predicted octanol–water partition coefficient (Wildman–Crippen LogP) is 2.90. The Morgan fingerprint density at radius 2 is 1.72 bits per heavy atom. The van der Waals surface area contributed by atoms with E-state index in [1.54, 1.807) is 24.1 Å². The second-order valence-corrected chi connectivity index (χ2v) is 5.37. The van der Waals surface area contributed by atoms with Crippen LogP contribution in [0.25, 0.3) is 28.4 Å². The van der Waals surface area contributed by atoms with Crippen molar-refractivity contribution in [2.45, 2.75) is 0 Å². The third kappa shape index (κ3) is 2.51. The summed E-state index contributed by atoms with van der Waals surface area (Å²) in [7, 11) is 1.60. The number of phenols is 2. The van der Waals surface area contributed by atoms with Crippen molar-refractivity contribution >= 4 is 11.3 Å². The van der Waals surface area contributed by atoms with Gasteiger partial charge in [-0.1, -0.05) is 0 Å². The fourth-order valence-corrected chi connectivity index (χ4v) is 2.67. The first-order valence-electron chi connectivity index (χ1n) is 7.53. The molecule has 0 atom stereocenters. The molecule has 0 radical (unpaired) electrons. The molecule has 4 aromatic rings. The highest BCUT2D eigenvalue weighted by Gasteiger charge is 2.19. The highest BCUT2D eigenvalue weighted by molar-refractivity contribution is 5.79. The molecule has 0 spiro atoms. The summed E-state index contributed by atoms with van der Waals surface area (Å²) in [5.74, 6) is 1.19. The number of ether oxygens (including phenoxy) is 1. The smallest absolute Gasteiger partial charge is 0.198 e. The molecule has 0 saturated carbocycles. The summed E-state index contributed by atoms with van der Waals surface area (Å²) >= 11 is 0. The third-order valence-electron chi connectivity index (χ3n) is 3.85. The lowest BCUT2D eigenvalue weighted by atomic mass is 10.1. The van der Waals surface area contributed by atoms with Crippen molar-refractivity contribution in [1.29, 1.82) is 0 Å². The Morgan fingerprint density at radius 3 is 2.48 bits per heavy atom. The lowest BCUT2D eigenvalue weighted by molar-refractivity contribution is 0.415. The van der Waals surface area contributed by atoms with E-state index in [2.05, 4.69) is 15.0 Å². The number of phenolic OH excluding ortho intramolecular Hbond substituents is 2. The maximum atomic E-state index is 10.2. The van der Waals surface area contributed by atoms with E-state index in [9.17, 15) is 10.2 Å². The zero-order valence-corrected chi connectivity index (χ0v) is 13.3. The Bertz CT molecular complexity index is 1060. The summed E-state index contributed by atoms with van der Waals surface area (Å²) in [5, 5.41) is 20.0. The topological polar surface area (TPSA) is 93.3 Å². The lowest BCUT2D eigenvalue weighted by Crippen LogP contribution is -1.99. The molecule has 0 amide bonds. The highest BCUT2D eigenvalue weighted by Crippen LogP contribution is 2.35. The van der Waals surface area contributed by atoms with Crippen LogP contribution in [0.1, 0.15) is 0 Å². The van der Waals surface area contributed by atoms with Crippen molar-refractivity contribution in [3.8, 4) is 34.3 Å². The largest absolute Gasteiger partial charge is 0.508 e. The van der Waals surface area contributed by atoms with E-state index in [1.165, 1.54) is 18.2 Å². The van der Waals surface area contributed by atoms with Crippen molar-refractivity contribution in [1.82, 2.24) is 19.5 Å². The molecule has 0 unspecified atom stereocenters. The quantitative estimate of drug-likeness (QED) is 0.560. The molecule has 0 bridgehead atoms. The molecule has 2 N–H and O–H groups in total. The van der Waals surface area contributed by atoms with Gasteiger partial charge in [0.15, 0.2) is 17.1 Å². The summed E-state index contributed by atoms with van der Waals surface area (Å²) in [6.45, 7) is 0. The number of fused-ring (bicyclic) bond motifs is 1. The van der Waals surface area contributed by atoms with Gasteiger partial charge in [0, 0.05) is 18.1 Å². The van der Waals surface area contributed by atoms with Gasteiger partial charge in [-0.05, 0) is 42.5 Å². The molecule has 0 aliphatic carbocycles. The summed E-state index contributed by atoms with van der Waals surface area (Å²) in [4.78, 5) is 13.1. The molecular weight excluding hydrogens is 320 g/mol. The second-order valence-electron chi connectivity index (χ2n) is 5.37. The average molecular weight is 334 g/mol. The van der Waals surface area contributed by atoms with Crippen molar-refractivity contribution in [2.75, 3.05) is 7.11 Å². The summed E-state index contributed by atoms with van der Waals surface area (Å²) in [6, 6.07) is 11.7. The summed E-state index contributed by atoms with van der Waals surface area (Å²) in [6.07, 6.45) is 3.13. The van der Waals surface area contributed by atoms with Gasteiger partial charge in [-0.15, -0.1) is 0 Å². The minimum absolute atomic E-state index is 0.00266. The van der Waals surface area contributed by atoms with Crippen LogP contribution in [0.15, 0.2) is 54.9 Å². The van der Waals surface area contributed by atoms with E-state index in [-0.39, 0.29) is 11.5 Å². The first kappa shape index (κ1) is 14.9. The van der Waals surface area contributed by atoms with Crippen LogP contribution in [-0.4, -0.2) is 36.8 Å². The first-order chi connectivity index (χ1) is 12.2. The Balaban J connectivity index is 2.02. The Hall–Kier alpha value is -3.61. The van der Waals surface area contributed by atoms with E-state index in [0.29, 0.717) is 22.7 Å². The predicted molar refractivity (Wildman–Crippen MR) is 92.0 cm³/mol. The van der Waals surface area contributed by atoms with E-state index < -0.39 is 0 Å². The highest BCUT2D eigenvalue weighted by atomic mass is 16.5. The van der Waals surface area contributed by atoms with Crippen LogP contribution in [0.3, 0.4) is 0 Å². The van der Waals surface area contributed by atoms with E-state index in [1.807, 2.05) is 24.3 Å². The molecule has 0 aliphatic rings. The second kappa shape index (κ2) is 5.79.